The molecule has 0 aromatic carbocycles. The van der Waals surface area contributed by atoms with Crippen LogP contribution in [0.1, 0.15) is 71.1 Å². The molecule has 3 nitrogen and oxygen atoms in total. The predicted octanol–water partition coefficient (Wildman–Crippen LogP) is 4.52. The minimum Gasteiger partial charge on any atom is -0.270 e. The van der Waals surface area contributed by atoms with Gasteiger partial charge in [0.05, 0.1) is 12.4 Å². The van der Waals surface area contributed by atoms with Crippen molar-refractivity contribution in [2.75, 3.05) is 12.4 Å². The summed E-state index contributed by atoms with van der Waals surface area (Å²) in [5.41, 5.74) is 0. The Morgan fingerprint density at radius 1 is 1.00 bits per heavy atom. The zero-order valence-electron chi connectivity index (χ0n) is 13.0. The van der Waals surface area contributed by atoms with Crippen molar-refractivity contribution in [1.82, 2.24) is 0 Å². The molecule has 1 saturated carbocycles. The molecule has 0 atom stereocenters. The Kier molecular flexibility index (Phi) is 8.09. The van der Waals surface area contributed by atoms with Crippen LogP contribution in [0.2, 0.25) is 0 Å². The van der Waals surface area contributed by atoms with E-state index in [0.717, 1.165) is 19.3 Å². The van der Waals surface area contributed by atoms with Gasteiger partial charge in [-0.2, -0.15) is 8.42 Å². The second-order valence-electron chi connectivity index (χ2n) is 6.15. The molecule has 0 aromatic rings. The highest BCUT2D eigenvalue weighted by molar-refractivity contribution is 7.86. The third kappa shape index (κ3) is 8.71. The van der Waals surface area contributed by atoms with Gasteiger partial charge in [-0.25, -0.2) is 8.78 Å². The van der Waals surface area contributed by atoms with E-state index in [4.69, 9.17) is 4.18 Å². The van der Waals surface area contributed by atoms with Gasteiger partial charge in [-0.3, -0.25) is 4.18 Å². The van der Waals surface area contributed by atoms with Gasteiger partial charge in [-0.1, -0.05) is 51.9 Å². The van der Waals surface area contributed by atoms with E-state index < -0.39 is 16.0 Å². The molecule has 1 aliphatic carbocycles. The van der Waals surface area contributed by atoms with E-state index in [-0.39, 0.29) is 31.1 Å². The first-order valence-electron chi connectivity index (χ1n) is 8.09. The summed E-state index contributed by atoms with van der Waals surface area (Å²) in [6.45, 7) is 2.09. The van der Waals surface area contributed by atoms with E-state index in [1.807, 2.05) is 0 Å². The van der Waals surface area contributed by atoms with Gasteiger partial charge in [0.15, 0.2) is 0 Å². The van der Waals surface area contributed by atoms with Gasteiger partial charge >= 0.3 is 0 Å². The zero-order valence-corrected chi connectivity index (χ0v) is 13.8. The molecule has 1 fully saturated rings. The highest BCUT2D eigenvalue weighted by Gasteiger charge is 2.45. The molecule has 6 heteroatoms. The van der Waals surface area contributed by atoms with E-state index in [2.05, 4.69) is 6.92 Å². The van der Waals surface area contributed by atoms with Gasteiger partial charge in [-0.15, -0.1) is 0 Å². The molecular weight excluding hydrogens is 298 g/mol. The molecule has 0 aliphatic heterocycles. The average molecular weight is 326 g/mol. The van der Waals surface area contributed by atoms with Gasteiger partial charge < -0.3 is 0 Å². The largest absolute Gasteiger partial charge is 0.270 e. The molecule has 0 radical (unpaired) electrons. The number of halogens is 2. The lowest BCUT2D eigenvalue weighted by molar-refractivity contribution is -0.118. The molecule has 0 heterocycles. The van der Waals surface area contributed by atoms with Crippen LogP contribution in [0, 0.1) is 5.92 Å². The molecule has 0 N–H and O–H groups in total. The molecule has 1 aliphatic rings. The maximum Gasteiger partial charge on any atom is 0.267 e. The zero-order chi connectivity index (χ0) is 15.8. The van der Waals surface area contributed by atoms with Gasteiger partial charge in [-0.05, 0) is 12.3 Å². The summed E-state index contributed by atoms with van der Waals surface area (Å²) < 4.78 is 53.2. The summed E-state index contributed by atoms with van der Waals surface area (Å²) in [5, 5.41) is 0. The van der Waals surface area contributed by atoms with Gasteiger partial charge in [0.1, 0.15) is 0 Å². The molecule has 0 amide bonds. The van der Waals surface area contributed by atoms with Gasteiger partial charge in [0.25, 0.3) is 10.1 Å². The fourth-order valence-corrected chi connectivity index (χ4v) is 3.65. The van der Waals surface area contributed by atoms with Crippen LogP contribution >= 0.6 is 0 Å². The van der Waals surface area contributed by atoms with Crippen LogP contribution in [0.4, 0.5) is 8.78 Å². The monoisotopic (exact) mass is 326 g/mol. The highest BCUT2D eigenvalue weighted by Crippen LogP contribution is 2.42. The van der Waals surface area contributed by atoms with Gasteiger partial charge in [0, 0.05) is 12.8 Å². The molecule has 1 rings (SSSR count). The Bertz CT molecular complexity index is 374. The van der Waals surface area contributed by atoms with E-state index in [9.17, 15) is 17.2 Å². The minimum atomic E-state index is -3.54. The van der Waals surface area contributed by atoms with E-state index in [1.165, 1.54) is 25.7 Å². The number of hydrogen-bond donors (Lipinski definition) is 0. The standard InChI is InChI=1S/C15H28F2O3S/c1-2-3-4-5-6-7-8-9-10-21(18,19)20-13-14-11-15(16,17)12-14/h14H,2-13H2,1H3. The van der Waals surface area contributed by atoms with Crippen molar-refractivity contribution in [1.29, 1.82) is 0 Å². The Labute approximate surface area is 127 Å². The normalized spacial score (nSPS) is 18.6. The number of rotatable bonds is 12. The smallest absolute Gasteiger partial charge is 0.267 e. The molecule has 0 aromatic heterocycles. The minimum absolute atomic E-state index is 0.00503. The third-order valence-electron chi connectivity index (χ3n) is 3.91. The number of alkyl halides is 2. The first-order chi connectivity index (χ1) is 9.85. The maximum absolute atomic E-state index is 12.6. The first kappa shape index (κ1) is 18.8. The van der Waals surface area contributed by atoms with Crippen LogP contribution in [0.3, 0.4) is 0 Å². The van der Waals surface area contributed by atoms with Crippen molar-refractivity contribution in [3.8, 4) is 0 Å². The Balaban J connectivity index is 1.98. The summed E-state index contributed by atoms with van der Waals surface area (Å²) in [7, 11) is -3.54. The summed E-state index contributed by atoms with van der Waals surface area (Å²) in [4.78, 5) is 0. The Morgan fingerprint density at radius 3 is 2.05 bits per heavy atom. The Morgan fingerprint density at radius 2 is 1.52 bits per heavy atom. The van der Waals surface area contributed by atoms with Crippen LogP contribution < -0.4 is 0 Å². The quantitative estimate of drug-likeness (QED) is 0.391. The molecule has 0 spiro atoms. The fraction of sp³-hybridized carbons (Fsp3) is 1.00. The summed E-state index contributed by atoms with van der Waals surface area (Å²) >= 11 is 0. The molecule has 0 bridgehead atoms. The Hall–Kier alpha value is -0.230. The molecular formula is C15H28F2O3S. The van der Waals surface area contributed by atoms with Crippen molar-refractivity contribution >= 4 is 10.1 Å². The summed E-state index contributed by atoms with van der Waals surface area (Å²) in [5.74, 6) is -2.92. The van der Waals surface area contributed by atoms with Crippen molar-refractivity contribution < 1.29 is 21.4 Å². The van der Waals surface area contributed by atoms with Crippen LogP contribution in [-0.4, -0.2) is 26.7 Å². The number of hydrogen-bond acceptors (Lipinski definition) is 3. The lowest BCUT2D eigenvalue weighted by Crippen LogP contribution is -2.38. The van der Waals surface area contributed by atoms with Crippen LogP contribution in [-0.2, 0) is 14.3 Å². The SMILES string of the molecule is CCCCCCCCCCS(=O)(=O)OCC1CC(F)(F)C1. The lowest BCUT2D eigenvalue weighted by atomic mass is 9.82. The maximum atomic E-state index is 12.6. The first-order valence-corrected chi connectivity index (χ1v) is 9.67. The van der Waals surface area contributed by atoms with Crippen LogP contribution in [0.25, 0.3) is 0 Å². The van der Waals surface area contributed by atoms with Crippen molar-refractivity contribution in [3.05, 3.63) is 0 Å². The van der Waals surface area contributed by atoms with E-state index in [0.29, 0.717) is 6.42 Å². The topological polar surface area (TPSA) is 43.4 Å². The van der Waals surface area contributed by atoms with E-state index >= 15 is 0 Å². The van der Waals surface area contributed by atoms with Crippen molar-refractivity contribution in [2.45, 2.75) is 77.1 Å². The number of unbranched alkanes of at least 4 members (excludes halogenated alkanes) is 7. The molecule has 126 valence electrons. The fourth-order valence-electron chi connectivity index (χ4n) is 2.57. The molecule has 21 heavy (non-hydrogen) atoms. The van der Waals surface area contributed by atoms with Crippen LogP contribution in [0.5, 0.6) is 0 Å². The second-order valence-corrected chi connectivity index (χ2v) is 7.91. The molecule has 0 saturated heterocycles. The average Bonchev–Trinajstić information content (AvgIpc) is 2.37. The molecule has 0 unspecified atom stereocenters. The highest BCUT2D eigenvalue weighted by atomic mass is 32.2. The van der Waals surface area contributed by atoms with Crippen molar-refractivity contribution in [2.24, 2.45) is 5.92 Å². The van der Waals surface area contributed by atoms with Gasteiger partial charge in [0.2, 0.25) is 5.92 Å². The second kappa shape index (κ2) is 9.03. The third-order valence-corrected chi connectivity index (χ3v) is 5.19. The van der Waals surface area contributed by atoms with Crippen LogP contribution in [0.15, 0.2) is 0 Å². The lowest BCUT2D eigenvalue weighted by Gasteiger charge is -2.34. The summed E-state index contributed by atoms with van der Waals surface area (Å²) in [6, 6.07) is 0. The van der Waals surface area contributed by atoms with Crippen molar-refractivity contribution in [3.63, 3.8) is 0 Å². The predicted molar refractivity (Wildman–Crippen MR) is 80.0 cm³/mol. The summed E-state index contributed by atoms with van der Waals surface area (Å²) in [6.07, 6.45) is 8.14. The van der Waals surface area contributed by atoms with E-state index in [1.54, 1.807) is 0 Å².